The van der Waals surface area contributed by atoms with Crippen molar-refractivity contribution < 1.29 is 9.59 Å². The van der Waals surface area contributed by atoms with Gasteiger partial charge in [-0.3, -0.25) is 14.5 Å². The van der Waals surface area contributed by atoms with Gasteiger partial charge in [-0.15, -0.1) is 11.8 Å². The van der Waals surface area contributed by atoms with E-state index < -0.39 is 0 Å². The Kier molecular flexibility index (Phi) is 7.16. The quantitative estimate of drug-likeness (QED) is 0.422. The summed E-state index contributed by atoms with van der Waals surface area (Å²) in [4.78, 5) is 30.9. The molecule has 0 unspecified atom stereocenters. The highest BCUT2D eigenvalue weighted by Gasteiger charge is 2.40. The molecule has 1 saturated heterocycles. The number of amides is 2. The summed E-state index contributed by atoms with van der Waals surface area (Å²) in [5.74, 6) is 0.994. The van der Waals surface area contributed by atoms with Gasteiger partial charge in [0.1, 0.15) is 12.4 Å². The van der Waals surface area contributed by atoms with E-state index in [1.165, 1.54) is 16.7 Å². The Hall–Kier alpha value is -3.06. The molecule has 1 aromatic heterocycles. The predicted octanol–water partition coefficient (Wildman–Crippen LogP) is 5.89. The first-order chi connectivity index (χ1) is 18.1. The van der Waals surface area contributed by atoms with E-state index in [1.807, 2.05) is 9.58 Å². The zero-order valence-electron chi connectivity index (χ0n) is 23.4. The number of aryl methyl sites for hydroxylation is 3. The minimum Gasteiger partial charge on any atom is -0.341 e. The van der Waals surface area contributed by atoms with Crippen molar-refractivity contribution in [1.29, 1.82) is 0 Å². The minimum atomic E-state index is -0.270. The number of carbonyl (C=O) groups is 2. The highest BCUT2D eigenvalue weighted by molar-refractivity contribution is 8.00. The molecule has 1 fully saturated rings. The van der Waals surface area contributed by atoms with E-state index in [2.05, 4.69) is 84.0 Å². The molecule has 38 heavy (non-hydrogen) atoms. The van der Waals surface area contributed by atoms with E-state index in [4.69, 9.17) is 5.10 Å². The van der Waals surface area contributed by atoms with Crippen molar-refractivity contribution in [2.75, 3.05) is 30.3 Å². The molecule has 6 nitrogen and oxygen atoms in total. The largest absolute Gasteiger partial charge is 0.341 e. The number of thioether (sulfide) groups is 1. The fourth-order valence-corrected chi connectivity index (χ4v) is 6.91. The third-order valence-electron chi connectivity index (χ3n) is 7.60. The van der Waals surface area contributed by atoms with Crippen LogP contribution in [0, 0.1) is 20.8 Å². The van der Waals surface area contributed by atoms with Gasteiger partial charge in [0.2, 0.25) is 11.8 Å². The number of nitrogens with zero attached hydrogens (tertiary/aromatic N) is 4. The van der Waals surface area contributed by atoms with Crippen LogP contribution in [0.3, 0.4) is 0 Å². The monoisotopic (exact) mass is 530 g/mol. The van der Waals surface area contributed by atoms with Gasteiger partial charge in [0.05, 0.1) is 22.4 Å². The summed E-state index contributed by atoms with van der Waals surface area (Å²) in [6.45, 7) is 14.4. The number of likely N-dealkylation sites (tertiary alicyclic amines) is 1. The van der Waals surface area contributed by atoms with Crippen molar-refractivity contribution in [1.82, 2.24) is 14.7 Å². The summed E-state index contributed by atoms with van der Waals surface area (Å²) in [6, 6.07) is 14.7. The summed E-state index contributed by atoms with van der Waals surface area (Å²) in [6.07, 6.45) is 2.04. The molecule has 0 aliphatic carbocycles. The molecule has 0 spiro atoms. The third-order valence-corrected chi connectivity index (χ3v) is 8.84. The average Bonchev–Trinajstić information content (AvgIpc) is 3.50. The molecule has 0 radical (unpaired) electrons. The Morgan fingerprint density at radius 3 is 2.39 bits per heavy atom. The summed E-state index contributed by atoms with van der Waals surface area (Å²) < 4.78 is 1.94. The van der Waals surface area contributed by atoms with Crippen LogP contribution in [0.25, 0.3) is 5.69 Å². The molecule has 0 bridgehead atoms. The number of aromatic nitrogens is 2. The fraction of sp³-hybridized carbons (Fsp3) is 0.452. The van der Waals surface area contributed by atoms with Crippen molar-refractivity contribution in [3.63, 3.8) is 0 Å². The van der Waals surface area contributed by atoms with E-state index in [1.54, 1.807) is 16.7 Å². The lowest BCUT2D eigenvalue weighted by Gasteiger charge is -2.26. The maximum Gasteiger partial charge on any atom is 0.242 e. The van der Waals surface area contributed by atoms with Crippen molar-refractivity contribution >= 4 is 29.4 Å². The van der Waals surface area contributed by atoms with Gasteiger partial charge in [0.15, 0.2) is 0 Å². The smallest absolute Gasteiger partial charge is 0.242 e. The Bertz CT molecular complexity index is 1380. The van der Waals surface area contributed by atoms with E-state index >= 15 is 0 Å². The van der Waals surface area contributed by atoms with Crippen molar-refractivity contribution in [3.05, 3.63) is 76.0 Å². The molecule has 7 heteroatoms. The van der Waals surface area contributed by atoms with Crippen LogP contribution in [0.15, 0.2) is 42.5 Å². The number of hydrogen-bond donors (Lipinski definition) is 0. The zero-order chi connectivity index (χ0) is 27.2. The van der Waals surface area contributed by atoms with E-state index in [9.17, 15) is 9.59 Å². The van der Waals surface area contributed by atoms with Crippen LogP contribution < -0.4 is 4.90 Å². The average molecular weight is 531 g/mol. The molecule has 2 aromatic carbocycles. The highest BCUT2D eigenvalue weighted by Crippen LogP contribution is 2.49. The first kappa shape index (κ1) is 26.5. The highest BCUT2D eigenvalue weighted by atomic mass is 32.2. The second-order valence-electron chi connectivity index (χ2n) is 11.7. The summed E-state index contributed by atoms with van der Waals surface area (Å²) >= 11 is 1.64. The summed E-state index contributed by atoms with van der Waals surface area (Å²) in [5, 5.41) is 5.17. The molecule has 0 saturated carbocycles. The number of fused-ring (bicyclic) bond motifs is 1. The second-order valence-corrected chi connectivity index (χ2v) is 12.7. The lowest BCUT2D eigenvalue weighted by molar-refractivity contribution is -0.130. The predicted molar refractivity (Wildman–Crippen MR) is 155 cm³/mol. The first-order valence-electron chi connectivity index (χ1n) is 13.5. The number of rotatable bonds is 4. The molecule has 2 aliphatic rings. The Morgan fingerprint density at radius 2 is 1.74 bits per heavy atom. The van der Waals surface area contributed by atoms with Gasteiger partial charge < -0.3 is 4.90 Å². The molecule has 2 amide bonds. The van der Waals surface area contributed by atoms with Crippen LogP contribution in [0.2, 0.25) is 0 Å². The Labute approximate surface area is 230 Å². The maximum atomic E-state index is 13.9. The normalized spacial score (nSPS) is 18.1. The number of benzene rings is 2. The lowest BCUT2D eigenvalue weighted by Crippen LogP contribution is -2.43. The Morgan fingerprint density at radius 1 is 1.03 bits per heavy atom. The molecular weight excluding hydrogens is 492 g/mol. The topological polar surface area (TPSA) is 58.4 Å². The molecule has 1 atom stereocenters. The number of hydrogen-bond acceptors (Lipinski definition) is 4. The lowest BCUT2D eigenvalue weighted by atomic mass is 9.86. The van der Waals surface area contributed by atoms with E-state index in [0.29, 0.717) is 5.75 Å². The standard InChI is InChI=1S/C31H38N4O2S/c1-20-13-14-24(22(3)17-20)35-30-27(29(32-35)31(4,5)6)28(23-12-8-7-11-21(23)2)38-19-26(37)34(30)18-25(36)33-15-9-10-16-33/h7-8,11-14,17,28H,9-10,15-16,18-19H2,1-6H3/t28-/m0/s1. The van der Waals surface area contributed by atoms with Crippen LogP contribution in [-0.4, -0.2) is 51.9 Å². The van der Waals surface area contributed by atoms with Gasteiger partial charge in [-0.2, -0.15) is 5.10 Å². The van der Waals surface area contributed by atoms with Crippen LogP contribution in [0.1, 0.15) is 72.4 Å². The summed E-state index contributed by atoms with van der Waals surface area (Å²) in [5.41, 5.74) is 7.29. The van der Waals surface area contributed by atoms with Crippen molar-refractivity contribution in [3.8, 4) is 5.69 Å². The second kappa shape index (κ2) is 10.3. The fourth-order valence-electron chi connectivity index (χ4n) is 5.61. The molecule has 0 N–H and O–H groups in total. The zero-order valence-corrected chi connectivity index (χ0v) is 24.2. The van der Waals surface area contributed by atoms with Crippen LogP contribution in [-0.2, 0) is 15.0 Å². The van der Waals surface area contributed by atoms with Gasteiger partial charge in [-0.25, -0.2) is 4.68 Å². The van der Waals surface area contributed by atoms with Crippen LogP contribution in [0.5, 0.6) is 0 Å². The van der Waals surface area contributed by atoms with Crippen molar-refractivity contribution in [2.45, 2.75) is 65.0 Å². The molecule has 5 rings (SSSR count). The third kappa shape index (κ3) is 4.89. The molecular formula is C31H38N4O2S. The molecule has 200 valence electrons. The van der Waals surface area contributed by atoms with Gasteiger partial charge in [0, 0.05) is 24.1 Å². The van der Waals surface area contributed by atoms with Crippen LogP contribution >= 0.6 is 11.8 Å². The minimum absolute atomic E-state index is 0.00632. The SMILES string of the molecule is Cc1ccc(-n2nc(C(C)(C)C)c3c2N(CC(=O)N2CCCC2)C(=O)CS[C@H]3c2ccccc2C)c(C)c1. The van der Waals surface area contributed by atoms with E-state index in [0.717, 1.165) is 54.3 Å². The van der Waals surface area contributed by atoms with Gasteiger partial charge in [-0.05, 0) is 56.4 Å². The summed E-state index contributed by atoms with van der Waals surface area (Å²) in [7, 11) is 0. The van der Waals surface area contributed by atoms with Gasteiger partial charge in [-0.1, -0.05) is 62.7 Å². The molecule has 3 aromatic rings. The van der Waals surface area contributed by atoms with E-state index in [-0.39, 0.29) is 29.0 Å². The molecule has 2 aliphatic heterocycles. The van der Waals surface area contributed by atoms with Gasteiger partial charge >= 0.3 is 0 Å². The molecule has 3 heterocycles. The van der Waals surface area contributed by atoms with Gasteiger partial charge in [0.25, 0.3) is 0 Å². The van der Waals surface area contributed by atoms with Crippen molar-refractivity contribution in [2.24, 2.45) is 0 Å². The first-order valence-corrected chi connectivity index (χ1v) is 14.6. The number of anilines is 1. The maximum absolute atomic E-state index is 13.9. The Balaban J connectivity index is 1.79. The van der Waals surface area contributed by atoms with Crippen LogP contribution in [0.4, 0.5) is 5.82 Å². The number of carbonyl (C=O) groups excluding carboxylic acids is 2.